The molecule has 2 aromatic rings. The number of benzene rings is 1. The third kappa shape index (κ3) is 5.34. The lowest BCUT2D eigenvalue weighted by Gasteiger charge is -2.13. The van der Waals surface area contributed by atoms with E-state index in [9.17, 15) is 5.11 Å². The lowest BCUT2D eigenvalue weighted by molar-refractivity contribution is 0.190. The maximum absolute atomic E-state index is 9.28. The molecule has 112 valence electrons. The van der Waals surface area contributed by atoms with Gasteiger partial charge in [0.1, 0.15) is 12.4 Å². The van der Waals surface area contributed by atoms with Gasteiger partial charge in [-0.25, -0.2) is 0 Å². The van der Waals surface area contributed by atoms with Gasteiger partial charge >= 0.3 is 0 Å². The first-order valence-electron chi connectivity index (χ1n) is 6.84. The molecule has 1 aromatic carbocycles. The van der Waals surface area contributed by atoms with E-state index in [2.05, 4.69) is 10.3 Å². The Morgan fingerprint density at radius 2 is 2.24 bits per heavy atom. The van der Waals surface area contributed by atoms with Gasteiger partial charge < -0.3 is 15.2 Å². The van der Waals surface area contributed by atoms with Gasteiger partial charge in [-0.05, 0) is 31.2 Å². The molecule has 1 heterocycles. The van der Waals surface area contributed by atoms with Gasteiger partial charge in [-0.1, -0.05) is 17.7 Å². The van der Waals surface area contributed by atoms with Gasteiger partial charge in [0.05, 0.1) is 6.10 Å². The topological polar surface area (TPSA) is 54.4 Å². The standard InChI is InChI=1S/C16H19ClN2O2/c1-12(20)8-19-10-14-7-15(17)4-5-16(14)21-11-13-3-2-6-18-9-13/h2-7,9,12,19-20H,8,10-11H2,1H3. The maximum Gasteiger partial charge on any atom is 0.124 e. The van der Waals surface area contributed by atoms with Crippen molar-refractivity contribution in [2.45, 2.75) is 26.2 Å². The van der Waals surface area contributed by atoms with Crippen molar-refractivity contribution in [1.29, 1.82) is 0 Å². The minimum atomic E-state index is -0.385. The molecule has 0 aliphatic heterocycles. The molecule has 0 fully saturated rings. The Balaban J connectivity index is 2.00. The van der Waals surface area contributed by atoms with Crippen LogP contribution in [0.2, 0.25) is 5.02 Å². The quantitative estimate of drug-likeness (QED) is 0.826. The van der Waals surface area contributed by atoms with Gasteiger partial charge in [-0.15, -0.1) is 0 Å². The van der Waals surface area contributed by atoms with Crippen molar-refractivity contribution >= 4 is 11.6 Å². The molecule has 5 heteroatoms. The number of aromatic nitrogens is 1. The predicted octanol–water partition coefficient (Wildman–Crippen LogP) is 2.78. The average molecular weight is 307 g/mol. The van der Waals surface area contributed by atoms with Crippen LogP contribution in [0, 0.1) is 0 Å². The van der Waals surface area contributed by atoms with E-state index >= 15 is 0 Å². The minimum absolute atomic E-state index is 0.385. The van der Waals surface area contributed by atoms with Crippen molar-refractivity contribution < 1.29 is 9.84 Å². The second-order valence-electron chi connectivity index (χ2n) is 4.88. The third-order valence-electron chi connectivity index (χ3n) is 2.89. The van der Waals surface area contributed by atoms with Gasteiger partial charge in [0.2, 0.25) is 0 Å². The van der Waals surface area contributed by atoms with Gasteiger partial charge in [0.15, 0.2) is 0 Å². The summed E-state index contributed by atoms with van der Waals surface area (Å²) in [7, 11) is 0. The highest BCUT2D eigenvalue weighted by molar-refractivity contribution is 6.30. The molecule has 0 amide bonds. The molecule has 2 N–H and O–H groups in total. The average Bonchev–Trinajstić information content (AvgIpc) is 2.47. The molecular weight excluding hydrogens is 288 g/mol. The summed E-state index contributed by atoms with van der Waals surface area (Å²) in [6.07, 6.45) is 3.13. The number of halogens is 1. The number of hydrogen-bond donors (Lipinski definition) is 2. The molecule has 4 nitrogen and oxygen atoms in total. The van der Waals surface area contributed by atoms with E-state index in [-0.39, 0.29) is 6.10 Å². The largest absolute Gasteiger partial charge is 0.489 e. The van der Waals surface area contributed by atoms with Crippen molar-refractivity contribution in [2.24, 2.45) is 0 Å². The van der Waals surface area contributed by atoms with Crippen LogP contribution < -0.4 is 10.1 Å². The van der Waals surface area contributed by atoms with E-state index in [4.69, 9.17) is 16.3 Å². The van der Waals surface area contributed by atoms with Crippen molar-refractivity contribution in [1.82, 2.24) is 10.3 Å². The van der Waals surface area contributed by atoms with Gasteiger partial charge in [0.25, 0.3) is 0 Å². The second-order valence-corrected chi connectivity index (χ2v) is 5.32. The van der Waals surface area contributed by atoms with Crippen LogP contribution in [0.1, 0.15) is 18.1 Å². The van der Waals surface area contributed by atoms with E-state index in [0.29, 0.717) is 24.7 Å². The molecule has 1 atom stereocenters. The summed E-state index contributed by atoms with van der Waals surface area (Å²) < 4.78 is 5.83. The van der Waals surface area contributed by atoms with Gasteiger partial charge in [-0.3, -0.25) is 4.98 Å². The Morgan fingerprint density at radius 1 is 1.38 bits per heavy atom. The Morgan fingerprint density at radius 3 is 2.95 bits per heavy atom. The molecular formula is C16H19ClN2O2. The summed E-state index contributed by atoms with van der Waals surface area (Å²) >= 11 is 6.03. The first-order valence-corrected chi connectivity index (χ1v) is 7.22. The number of rotatable bonds is 7. The lowest BCUT2D eigenvalue weighted by atomic mass is 10.2. The first-order chi connectivity index (χ1) is 10.1. The Kier molecular flexibility index (Phi) is 5.99. The van der Waals surface area contributed by atoms with E-state index in [1.807, 2.05) is 24.3 Å². The van der Waals surface area contributed by atoms with E-state index in [1.165, 1.54) is 0 Å². The van der Waals surface area contributed by atoms with Crippen LogP contribution >= 0.6 is 11.6 Å². The summed E-state index contributed by atoms with van der Waals surface area (Å²) in [4.78, 5) is 4.06. The molecule has 0 saturated carbocycles. The van der Waals surface area contributed by atoms with Crippen LogP contribution in [-0.4, -0.2) is 22.7 Å². The van der Waals surface area contributed by atoms with Crippen LogP contribution in [0.4, 0.5) is 0 Å². The van der Waals surface area contributed by atoms with Gasteiger partial charge in [0, 0.05) is 41.6 Å². The number of nitrogens with one attached hydrogen (secondary N) is 1. The van der Waals surface area contributed by atoms with Crippen molar-refractivity contribution in [3.8, 4) is 5.75 Å². The molecule has 1 unspecified atom stereocenters. The number of aliphatic hydroxyl groups is 1. The second kappa shape index (κ2) is 7.98. The van der Waals surface area contributed by atoms with E-state index < -0.39 is 0 Å². The zero-order chi connectivity index (χ0) is 15.1. The van der Waals surface area contributed by atoms with Crippen LogP contribution in [0.15, 0.2) is 42.7 Å². The SMILES string of the molecule is CC(O)CNCc1cc(Cl)ccc1OCc1cccnc1. The predicted molar refractivity (Wildman–Crippen MR) is 83.4 cm³/mol. The number of pyridine rings is 1. The molecule has 0 radical (unpaired) electrons. The fraction of sp³-hybridized carbons (Fsp3) is 0.312. The number of aliphatic hydroxyl groups excluding tert-OH is 1. The number of nitrogens with zero attached hydrogens (tertiary/aromatic N) is 1. The van der Waals surface area contributed by atoms with Crippen LogP contribution in [-0.2, 0) is 13.2 Å². The molecule has 0 spiro atoms. The fourth-order valence-corrected chi connectivity index (χ4v) is 2.08. The molecule has 1 aromatic heterocycles. The molecule has 0 saturated heterocycles. The monoisotopic (exact) mass is 306 g/mol. The van der Waals surface area contributed by atoms with Gasteiger partial charge in [-0.2, -0.15) is 0 Å². The summed E-state index contributed by atoms with van der Waals surface area (Å²) in [5.74, 6) is 0.779. The van der Waals surface area contributed by atoms with Crippen LogP contribution in [0.3, 0.4) is 0 Å². The Labute approximate surface area is 129 Å². The summed E-state index contributed by atoms with van der Waals surface area (Å²) in [6, 6.07) is 9.38. The molecule has 21 heavy (non-hydrogen) atoms. The summed E-state index contributed by atoms with van der Waals surface area (Å²) in [6.45, 7) is 3.31. The first kappa shape index (κ1) is 15.8. The minimum Gasteiger partial charge on any atom is -0.489 e. The highest BCUT2D eigenvalue weighted by Crippen LogP contribution is 2.23. The normalized spacial score (nSPS) is 12.1. The fourth-order valence-electron chi connectivity index (χ4n) is 1.89. The van der Waals surface area contributed by atoms with E-state index in [0.717, 1.165) is 16.9 Å². The highest BCUT2D eigenvalue weighted by atomic mass is 35.5. The van der Waals surface area contributed by atoms with Crippen molar-refractivity contribution in [3.05, 3.63) is 58.9 Å². The zero-order valence-corrected chi connectivity index (χ0v) is 12.7. The number of ether oxygens (including phenoxy) is 1. The van der Waals surface area contributed by atoms with Crippen molar-refractivity contribution in [3.63, 3.8) is 0 Å². The smallest absolute Gasteiger partial charge is 0.124 e. The zero-order valence-electron chi connectivity index (χ0n) is 11.9. The third-order valence-corrected chi connectivity index (χ3v) is 3.13. The molecule has 0 aliphatic carbocycles. The van der Waals surface area contributed by atoms with Crippen LogP contribution in [0.5, 0.6) is 5.75 Å². The van der Waals surface area contributed by atoms with E-state index in [1.54, 1.807) is 25.4 Å². The Bertz CT molecular complexity index is 561. The molecule has 0 bridgehead atoms. The van der Waals surface area contributed by atoms with Crippen LogP contribution in [0.25, 0.3) is 0 Å². The molecule has 0 aliphatic rings. The summed E-state index contributed by atoms with van der Waals surface area (Å²) in [5, 5.41) is 13.1. The Hall–Kier alpha value is -1.62. The maximum atomic E-state index is 9.28. The molecule has 2 rings (SSSR count). The van der Waals surface area contributed by atoms with Crippen molar-refractivity contribution in [2.75, 3.05) is 6.54 Å². The highest BCUT2D eigenvalue weighted by Gasteiger charge is 2.06. The lowest BCUT2D eigenvalue weighted by Crippen LogP contribution is -2.24. The number of hydrogen-bond acceptors (Lipinski definition) is 4. The summed E-state index contributed by atoms with van der Waals surface area (Å²) in [5.41, 5.74) is 1.97.